The third-order valence-electron chi connectivity index (χ3n) is 8.04. The van der Waals surface area contributed by atoms with Gasteiger partial charge in [-0.05, 0) is 55.8 Å². The van der Waals surface area contributed by atoms with E-state index in [1.807, 2.05) is 4.90 Å². The number of amides is 1. The van der Waals surface area contributed by atoms with Crippen LogP contribution in [-0.4, -0.2) is 58.0 Å². The number of imidazole rings is 1. The molecule has 3 aliphatic rings. The molecule has 3 aliphatic heterocycles. The summed E-state index contributed by atoms with van der Waals surface area (Å²) in [5.74, 6) is 1.29. The van der Waals surface area contributed by atoms with Crippen molar-refractivity contribution in [2.24, 2.45) is 0 Å². The molecule has 6 rings (SSSR count). The quantitative estimate of drug-likeness (QED) is 0.521. The van der Waals surface area contributed by atoms with Crippen molar-refractivity contribution in [3.8, 4) is 11.3 Å². The standard InChI is InChI=1S/C30H36N4O2/c1-32-17-14-25(15-18-32)36-29-26-7-3-2-6-23(26)13-19-34-21-27(31-30(29)34)24-11-9-22(10-12-24)20-33-16-5-4-8-28(33)35/h2-3,6-7,9-12,21,25,29H,4-5,8,13-20H2,1H3. The van der Waals surface area contributed by atoms with Crippen LogP contribution in [0.3, 0.4) is 0 Å². The molecule has 0 N–H and O–H groups in total. The molecule has 188 valence electrons. The first-order valence-corrected chi connectivity index (χ1v) is 13.5. The van der Waals surface area contributed by atoms with Crippen molar-refractivity contribution in [3.63, 3.8) is 0 Å². The van der Waals surface area contributed by atoms with Crippen molar-refractivity contribution < 1.29 is 9.53 Å². The molecule has 0 aliphatic carbocycles. The lowest BCUT2D eigenvalue weighted by Crippen LogP contribution is -2.35. The second-order valence-electron chi connectivity index (χ2n) is 10.6. The number of aromatic nitrogens is 2. The maximum absolute atomic E-state index is 12.2. The SMILES string of the molecule is CN1CCC(OC2c3ccccc3CCn3cc(-c4ccc(CN5CCCCC5=O)cc4)nc32)CC1. The zero-order valence-corrected chi connectivity index (χ0v) is 21.2. The van der Waals surface area contributed by atoms with Gasteiger partial charge in [-0.2, -0.15) is 0 Å². The summed E-state index contributed by atoms with van der Waals surface area (Å²) in [6.07, 6.45) is 8.21. The summed E-state index contributed by atoms with van der Waals surface area (Å²) in [5.41, 5.74) is 5.89. The molecular weight excluding hydrogens is 448 g/mol. The Balaban J connectivity index is 1.26. The molecule has 3 aromatic rings. The van der Waals surface area contributed by atoms with Crippen LogP contribution in [0, 0.1) is 0 Å². The molecule has 6 heteroatoms. The minimum absolute atomic E-state index is 0.143. The number of nitrogens with zero attached hydrogens (tertiary/aromatic N) is 4. The van der Waals surface area contributed by atoms with E-state index in [0.29, 0.717) is 13.0 Å². The first kappa shape index (κ1) is 23.4. The summed E-state index contributed by atoms with van der Waals surface area (Å²) in [6.45, 7) is 4.63. The van der Waals surface area contributed by atoms with Crippen LogP contribution in [0.15, 0.2) is 54.7 Å². The molecule has 1 amide bonds. The van der Waals surface area contributed by atoms with E-state index in [1.54, 1.807) is 0 Å². The van der Waals surface area contributed by atoms with Crippen molar-refractivity contribution in [1.82, 2.24) is 19.4 Å². The van der Waals surface area contributed by atoms with Crippen LogP contribution in [0.1, 0.15) is 60.7 Å². The number of ether oxygens (including phenoxy) is 1. The van der Waals surface area contributed by atoms with Gasteiger partial charge in [0, 0.05) is 50.9 Å². The zero-order valence-electron chi connectivity index (χ0n) is 21.2. The van der Waals surface area contributed by atoms with Crippen LogP contribution in [0.4, 0.5) is 0 Å². The fourth-order valence-electron chi connectivity index (χ4n) is 5.83. The fourth-order valence-corrected chi connectivity index (χ4v) is 5.83. The van der Waals surface area contributed by atoms with Gasteiger partial charge in [-0.25, -0.2) is 4.98 Å². The van der Waals surface area contributed by atoms with Gasteiger partial charge in [0.15, 0.2) is 0 Å². The van der Waals surface area contributed by atoms with Gasteiger partial charge in [-0.3, -0.25) is 4.79 Å². The van der Waals surface area contributed by atoms with Crippen molar-refractivity contribution in [3.05, 3.63) is 77.2 Å². The van der Waals surface area contributed by atoms with Gasteiger partial charge in [-0.15, -0.1) is 0 Å². The first-order valence-electron chi connectivity index (χ1n) is 13.5. The average molecular weight is 485 g/mol. The third kappa shape index (κ3) is 4.84. The van der Waals surface area contributed by atoms with Gasteiger partial charge in [0.1, 0.15) is 11.9 Å². The summed E-state index contributed by atoms with van der Waals surface area (Å²) in [6, 6.07) is 17.3. The van der Waals surface area contributed by atoms with Gasteiger partial charge in [0.25, 0.3) is 0 Å². The monoisotopic (exact) mass is 484 g/mol. The number of aryl methyl sites for hydroxylation is 2. The number of carbonyl (C=O) groups is 1. The van der Waals surface area contributed by atoms with E-state index in [4.69, 9.17) is 9.72 Å². The number of hydrogen-bond donors (Lipinski definition) is 0. The zero-order chi connectivity index (χ0) is 24.5. The molecule has 2 saturated heterocycles. The predicted octanol–water partition coefficient (Wildman–Crippen LogP) is 4.82. The second-order valence-corrected chi connectivity index (χ2v) is 10.6. The minimum Gasteiger partial charge on any atom is -0.362 e. The van der Waals surface area contributed by atoms with Crippen LogP contribution < -0.4 is 0 Å². The fraction of sp³-hybridized carbons (Fsp3) is 0.467. The maximum Gasteiger partial charge on any atom is 0.222 e. The highest BCUT2D eigenvalue weighted by Crippen LogP contribution is 2.36. The highest BCUT2D eigenvalue weighted by molar-refractivity contribution is 5.76. The molecular formula is C30H36N4O2. The van der Waals surface area contributed by atoms with E-state index >= 15 is 0 Å². The van der Waals surface area contributed by atoms with E-state index < -0.39 is 0 Å². The van der Waals surface area contributed by atoms with E-state index in [2.05, 4.69) is 71.2 Å². The molecule has 4 heterocycles. The molecule has 1 atom stereocenters. The Morgan fingerprint density at radius 2 is 1.75 bits per heavy atom. The highest BCUT2D eigenvalue weighted by atomic mass is 16.5. The van der Waals surface area contributed by atoms with Gasteiger partial charge in [-0.1, -0.05) is 48.5 Å². The topological polar surface area (TPSA) is 50.6 Å². The normalized spacial score (nSPS) is 21.2. The van der Waals surface area contributed by atoms with Gasteiger partial charge in [0.05, 0.1) is 11.8 Å². The molecule has 36 heavy (non-hydrogen) atoms. The van der Waals surface area contributed by atoms with Crippen LogP contribution in [0.2, 0.25) is 0 Å². The Hall–Kier alpha value is -2.96. The summed E-state index contributed by atoms with van der Waals surface area (Å²) < 4.78 is 9.13. The number of likely N-dealkylation sites (tertiary alicyclic amines) is 2. The number of carbonyl (C=O) groups excluding carboxylic acids is 1. The van der Waals surface area contributed by atoms with E-state index in [9.17, 15) is 4.79 Å². The Morgan fingerprint density at radius 1 is 0.944 bits per heavy atom. The Kier molecular flexibility index (Phi) is 6.63. The summed E-state index contributed by atoms with van der Waals surface area (Å²) >= 11 is 0. The summed E-state index contributed by atoms with van der Waals surface area (Å²) in [4.78, 5) is 21.7. The molecule has 0 saturated carbocycles. The van der Waals surface area contributed by atoms with Crippen molar-refractivity contribution in [1.29, 1.82) is 0 Å². The van der Waals surface area contributed by atoms with Gasteiger partial charge < -0.3 is 19.1 Å². The third-order valence-corrected chi connectivity index (χ3v) is 8.04. The van der Waals surface area contributed by atoms with Crippen LogP contribution >= 0.6 is 0 Å². The minimum atomic E-state index is -0.143. The van der Waals surface area contributed by atoms with E-state index in [0.717, 1.165) is 75.4 Å². The van der Waals surface area contributed by atoms with Crippen LogP contribution in [-0.2, 0) is 29.0 Å². The number of fused-ring (bicyclic) bond motifs is 2. The Bertz CT molecular complexity index is 1210. The van der Waals surface area contributed by atoms with Crippen molar-refractivity contribution in [2.45, 2.75) is 63.8 Å². The summed E-state index contributed by atoms with van der Waals surface area (Å²) in [5, 5.41) is 0. The smallest absolute Gasteiger partial charge is 0.222 e. The van der Waals surface area contributed by atoms with Crippen molar-refractivity contribution in [2.75, 3.05) is 26.7 Å². The van der Waals surface area contributed by atoms with Crippen LogP contribution in [0.25, 0.3) is 11.3 Å². The molecule has 0 radical (unpaired) electrons. The number of piperidine rings is 2. The first-order chi connectivity index (χ1) is 17.6. The number of benzene rings is 2. The Labute approximate surface area is 213 Å². The van der Waals surface area contributed by atoms with E-state index in [1.165, 1.54) is 16.7 Å². The average Bonchev–Trinajstić information content (AvgIpc) is 3.27. The lowest BCUT2D eigenvalue weighted by atomic mass is 10.00. The lowest BCUT2D eigenvalue weighted by Gasteiger charge is -2.32. The largest absolute Gasteiger partial charge is 0.362 e. The lowest BCUT2D eigenvalue weighted by molar-refractivity contribution is -0.133. The second kappa shape index (κ2) is 10.2. The molecule has 0 bridgehead atoms. The highest BCUT2D eigenvalue weighted by Gasteiger charge is 2.30. The molecule has 6 nitrogen and oxygen atoms in total. The molecule has 2 aromatic carbocycles. The predicted molar refractivity (Wildman–Crippen MR) is 141 cm³/mol. The van der Waals surface area contributed by atoms with Gasteiger partial charge >= 0.3 is 0 Å². The number of hydrogen-bond acceptors (Lipinski definition) is 4. The molecule has 2 fully saturated rings. The molecule has 0 spiro atoms. The van der Waals surface area contributed by atoms with E-state index in [-0.39, 0.29) is 18.1 Å². The maximum atomic E-state index is 12.2. The molecule has 1 unspecified atom stereocenters. The number of rotatable bonds is 5. The van der Waals surface area contributed by atoms with Gasteiger partial charge in [0.2, 0.25) is 5.91 Å². The molecule has 1 aromatic heterocycles. The van der Waals surface area contributed by atoms with Crippen LogP contribution in [0.5, 0.6) is 0 Å². The Morgan fingerprint density at radius 3 is 2.56 bits per heavy atom. The summed E-state index contributed by atoms with van der Waals surface area (Å²) in [7, 11) is 2.19. The van der Waals surface area contributed by atoms with Crippen molar-refractivity contribution >= 4 is 5.91 Å².